The number of benzene rings is 2. The highest BCUT2D eigenvalue weighted by molar-refractivity contribution is 5.89. The normalized spacial score (nSPS) is 16.5. The Hall–Kier alpha value is -3.16. The van der Waals surface area contributed by atoms with Crippen LogP contribution in [0.2, 0.25) is 0 Å². The second kappa shape index (κ2) is 8.69. The average Bonchev–Trinajstić information content (AvgIpc) is 2.63. The Morgan fingerprint density at radius 3 is 2.50 bits per heavy atom. The first-order chi connectivity index (χ1) is 13.4. The van der Waals surface area contributed by atoms with Gasteiger partial charge in [0.15, 0.2) is 0 Å². The first-order valence-electron chi connectivity index (χ1n) is 8.75. The van der Waals surface area contributed by atoms with E-state index in [9.17, 15) is 18.0 Å². The Morgan fingerprint density at radius 1 is 1.11 bits per heavy atom. The molecule has 1 aliphatic heterocycles. The van der Waals surface area contributed by atoms with Crippen molar-refractivity contribution in [3.8, 4) is 5.75 Å². The van der Waals surface area contributed by atoms with Crippen LogP contribution in [0.25, 0.3) is 0 Å². The van der Waals surface area contributed by atoms with Gasteiger partial charge in [-0.25, -0.2) is 4.79 Å². The van der Waals surface area contributed by atoms with Crippen LogP contribution in [-0.2, 0) is 6.54 Å². The highest BCUT2D eigenvalue weighted by Gasteiger charge is 2.31. The molecule has 8 heteroatoms. The predicted molar refractivity (Wildman–Crippen MR) is 99.7 cm³/mol. The van der Waals surface area contributed by atoms with E-state index in [1.807, 2.05) is 42.6 Å². The Labute approximate surface area is 160 Å². The van der Waals surface area contributed by atoms with Gasteiger partial charge in [0.25, 0.3) is 0 Å². The molecular weight excluding hydrogens is 371 g/mol. The number of amides is 2. The lowest BCUT2D eigenvalue weighted by Crippen LogP contribution is -2.45. The van der Waals surface area contributed by atoms with Crippen molar-refractivity contribution in [2.24, 2.45) is 0 Å². The molecule has 2 amide bonds. The number of urea groups is 1. The molecule has 0 spiro atoms. The molecule has 148 valence electrons. The van der Waals surface area contributed by atoms with Crippen molar-refractivity contribution in [3.63, 3.8) is 0 Å². The summed E-state index contributed by atoms with van der Waals surface area (Å²) in [6, 6.07) is 14.5. The van der Waals surface area contributed by atoms with Gasteiger partial charge >= 0.3 is 12.4 Å². The predicted octanol–water partition coefficient (Wildman–Crippen LogP) is 4.49. The molecule has 1 aliphatic rings. The zero-order valence-electron chi connectivity index (χ0n) is 14.9. The summed E-state index contributed by atoms with van der Waals surface area (Å²) in [6.07, 6.45) is -0.0212. The molecule has 0 aliphatic carbocycles. The molecule has 1 heterocycles. The fourth-order valence-corrected chi connectivity index (χ4v) is 2.92. The van der Waals surface area contributed by atoms with Gasteiger partial charge in [-0.2, -0.15) is 0 Å². The maximum atomic E-state index is 12.2. The standard InChI is InChI=1S/C20H20F3N3O2/c21-20(22,23)28-18-10-8-16(9-11-18)24-19(27)25-17-7-4-12-26(14-17)13-15-5-2-1-3-6-15/h1-6,8-12,17H,7,13-14H2,(H2,24,25,27). The number of carbonyl (C=O) groups is 1. The number of hydrogen-bond acceptors (Lipinski definition) is 3. The molecule has 1 unspecified atom stereocenters. The molecule has 3 rings (SSSR count). The van der Waals surface area contributed by atoms with E-state index in [1.54, 1.807) is 0 Å². The maximum Gasteiger partial charge on any atom is 0.573 e. The Morgan fingerprint density at radius 2 is 1.82 bits per heavy atom. The highest BCUT2D eigenvalue weighted by Crippen LogP contribution is 2.24. The molecule has 0 saturated heterocycles. The summed E-state index contributed by atoms with van der Waals surface area (Å²) in [5.74, 6) is -0.340. The fraction of sp³-hybridized carbons (Fsp3) is 0.250. The third-order valence-electron chi connectivity index (χ3n) is 4.10. The first-order valence-corrected chi connectivity index (χ1v) is 8.75. The van der Waals surface area contributed by atoms with Gasteiger partial charge in [-0.3, -0.25) is 0 Å². The third kappa shape index (κ3) is 6.22. The number of anilines is 1. The lowest BCUT2D eigenvalue weighted by atomic mass is 10.1. The lowest BCUT2D eigenvalue weighted by Gasteiger charge is -2.30. The van der Waals surface area contributed by atoms with Crippen LogP contribution in [0.4, 0.5) is 23.7 Å². The topological polar surface area (TPSA) is 53.6 Å². The number of ether oxygens (including phenoxy) is 1. The minimum absolute atomic E-state index is 0.0680. The molecule has 28 heavy (non-hydrogen) atoms. The summed E-state index contributed by atoms with van der Waals surface area (Å²) >= 11 is 0. The van der Waals surface area contributed by atoms with Crippen molar-refractivity contribution in [1.82, 2.24) is 10.2 Å². The number of hydrogen-bond donors (Lipinski definition) is 2. The Balaban J connectivity index is 1.48. The van der Waals surface area contributed by atoms with E-state index in [1.165, 1.54) is 17.7 Å². The number of carbonyl (C=O) groups excluding carboxylic acids is 1. The van der Waals surface area contributed by atoms with Gasteiger partial charge in [0.1, 0.15) is 5.75 Å². The van der Waals surface area contributed by atoms with Crippen LogP contribution >= 0.6 is 0 Å². The second-order valence-corrected chi connectivity index (χ2v) is 6.40. The van der Waals surface area contributed by atoms with Gasteiger partial charge in [0.05, 0.1) is 6.04 Å². The third-order valence-corrected chi connectivity index (χ3v) is 4.10. The van der Waals surface area contributed by atoms with Crippen LogP contribution in [0, 0.1) is 0 Å². The summed E-state index contributed by atoms with van der Waals surface area (Å²) in [5.41, 5.74) is 1.55. The highest BCUT2D eigenvalue weighted by atomic mass is 19.4. The van der Waals surface area contributed by atoms with Crippen molar-refractivity contribution in [2.45, 2.75) is 25.4 Å². The number of alkyl halides is 3. The molecule has 2 N–H and O–H groups in total. The van der Waals surface area contributed by atoms with Gasteiger partial charge < -0.3 is 20.3 Å². The van der Waals surface area contributed by atoms with Crippen LogP contribution in [0.5, 0.6) is 5.75 Å². The average molecular weight is 391 g/mol. The minimum atomic E-state index is -4.74. The van der Waals surface area contributed by atoms with Gasteiger partial charge in [0, 0.05) is 18.8 Å². The van der Waals surface area contributed by atoms with E-state index in [0.29, 0.717) is 18.7 Å². The van der Waals surface area contributed by atoms with E-state index in [2.05, 4.69) is 20.3 Å². The SMILES string of the molecule is O=C(Nc1ccc(OC(F)(F)F)cc1)NC1CC=CN(Cc2ccccc2)C1. The number of nitrogens with zero attached hydrogens (tertiary/aromatic N) is 1. The van der Waals surface area contributed by atoms with Gasteiger partial charge in [-0.1, -0.05) is 36.4 Å². The number of nitrogens with one attached hydrogen (secondary N) is 2. The Kier molecular flexibility index (Phi) is 6.08. The number of rotatable bonds is 5. The van der Waals surface area contributed by atoms with Crippen LogP contribution in [0.1, 0.15) is 12.0 Å². The van der Waals surface area contributed by atoms with Crippen LogP contribution < -0.4 is 15.4 Å². The van der Waals surface area contributed by atoms with Crippen molar-refractivity contribution in [3.05, 3.63) is 72.4 Å². The molecule has 0 aromatic heterocycles. The van der Waals surface area contributed by atoms with Crippen molar-refractivity contribution >= 4 is 11.7 Å². The largest absolute Gasteiger partial charge is 0.573 e. The van der Waals surface area contributed by atoms with Crippen LogP contribution in [-0.4, -0.2) is 29.9 Å². The van der Waals surface area contributed by atoms with Gasteiger partial charge in [-0.15, -0.1) is 13.2 Å². The molecule has 0 bridgehead atoms. The first kappa shape index (κ1) is 19.6. The smallest absolute Gasteiger partial charge is 0.406 e. The van der Waals surface area contributed by atoms with Crippen LogP contribution in [0.3, 0.4) is 0 Å². The van der Waals surface area contributed by atoms with E-state index in [-0.39, 0.29) is 11.8 Å². The van der Waals surface area contributed by atoms with E-state index in [0.717, 1.165) is 18.7 Å². The molecule has 2 aromatic rings. The summed E-state index contributed by atoms with van der Waals surface area (Å²) in [4.78, 5) is 14.3. The van der Waals surface area contributed by atoms with Crippen molar-refractivity contribution in [1.29, 1.82) is 0 Å². The van der Waals surface area contributed by atoms with Gasteiger partial charge in [0.2, 0.25) is 0 Å². The van der Waals surface area contributed by atoms with Crippen molar-refractivity contribution in [2.75, 3.05) is 11.9 Å². The fourth-order valence-electron chi connectivity index (χ4n) is 2.92. The number of halogens is 3. The van der Waals surface area contributed by atoms with E-state index in [4.69, 9.17) is 0 Å². The summed E-state index contributed by atoms with van der Waals surface area (Å²) in [6.45, 7) is 1.41. The zero-order chi connectivity index (χ0) is 20.0. The molecule has 0 radical (unpaired) electrons. The van der Waals surface area contributed by atoms with E-state index >= 15 is 0 Å². The van der Waals surface area contributed by atoms with E-state index < -0.39 is 12.4 Å². The Bertz CT molecular complexity index is 808. The quantitative estimate of drug-likeness (QED) is 0.789. The van der Waals surface area contributed by atoms with Crippen LogP contribution in [0.15, 0.2) is 66.9 Å². The minimum Gasteiger partial charge on any atom is -0.406 e. The molecule has 0 saturated carbocycles. The molecular formula is C20H20F3N3O2. The molecule has 5 nitrogen and oxygen atoms in total. The summed E-state index contributed by atoms with van der Waals surface area (Å²) in [5, 5.41) is 5.50. The molecule has 0 fully saturated rings. The lowest BCUT2D eigenvalue weighted by molar-refractivity contribution is -0.274. The van der Waals surface area contributed by atoms with Gasteiger partial charge in [-0.05, 0) is 42.4 Å². The summed E-state index contributed by atoms with van der Waals surface area (Å²) in [7, 11) is 0. The molecule has 1 atom stereocenters. The monoisotopic (exact) mass is 391 g/mol. The van der Waals surface area contributed by atoms with Crippen molar-refractivity contribution < 1.29 is 22.7 Å². The second-order valence-electron chi connectivity index (χ2n) is 6.40. The maximum absolute atomic E-state index is 12.2. The summed E-state index contributed by atoms with van der Waals surface area (Å²) < 4.78 is 40.3. The zero-order valence-corrected chi connectivity index (χ0v) is 14.9. The molecule has 2 aromatic carbocycles.